The van der Waals surface area contributed by atoms with Crippen LogP contribution in [-0.4, -0.2) is 144 Å². The van der Waals surface area contributed by atoms with Crippen LogP contribution in [0.2, 0.25) is 0 Å². The maximum absolute atomic E-state index is 15.0. The lowest BCUT2D eigenvalue weighted by molar-refractivity contribution is -0.136. The maximum Gasteiger partial charge on any atom is 0.243 e. The lowest BCUT2D eigenvalue weighted by atomic mass is 9.95. The maximum atomic E-state index is 15.0. The number of aliphatic imine (C=N–C) groups is 1. The molecule has 0 saturated carbocycles. The largest absolute Gasteiger partial charge is 0.508 e. The van der Waals surface area contributed by atoms with Crippen LogP contribution in [0.25, 0.3) is 0 Å². The molecule has 0 aromatic heterocycles. The van der Waals surface area contributed by atoms with E-state index in [1.165, 1.54) is 0 Å². The smallest absolute Gasteiger partial charge is 0.243 e. The number of benzene rings is 5. The molecule has 0 aliphatic carbocycles. The number of aryl methyl sites for hydroxylation is 2. The van der Waals surface area contributed by atoms with Crippen LogP contribution in [0, 0.1) is 13.8 Å². The normalized spacial score (nSPS) is 13.7. The number of phenolic OH excluding ortho intramolecular Hbond substituents is 1. The Hall–Kier alpha value is -10.7. The molecule has 0 aliphatic heterocycles. The van der Waals surface area contributed by atoms with E-state index in [2.05, 4.69) is 47.5 Å². The van der Waals surface area contributed by atoms with Crippen LogP contribution in [-0.2, 0) is 84.8 Å². The van der Waals surface area contributed by atoms with Crippen molar-refractivity contribution in [3.8, 4) is 5.75 Å². The number of hydrogen-bond acceptors (Lipinski definition) is 15. The number of amides is 11. The molecule has 11 amide bonds. The predicted molar refractivity (Wildman–Crippen MR) is 364 cm³/mol. The SMILES string of the molecule is Cc1cc(O)cc(C)c1C[C@H](N)C(=O)N[C@H](CCCN=C(N)N)C(=O)N[C@@H](Cc1ccccc1)C(=O)N[C@@H](Cc1ccccc1)C(=O)N[C@@H](CCC(N)=O)C(=O)N[C@@H](Cc1ccccc1)C(=O)N[C@@H](CCC(N)=O)C(=O)N[C@@H](Cc1ccccc1)C(=O)N[C@@H](CCCCN)C(N)=O. The van der Waals surface area contributed by atoms with E-state index in [-0.39, 0.29) is 69.6 Å². The molecule has 9 atom stereocenters. The number of rotatable bonds is 41. The fraction of sp³-hybridized carbons (Fsp3) is 0.391. The molecule has 0 unspecified atom stereocenters. The van der Waals surface area contributed by atoms with Crippen molar-refractivity contribution in [1.29, 1.82) is 0 Å². The number of hydrogen-bond donors (Lipinski definition) is 16. The van der Waals surface area contributed by atoms with Gasteiger partial charge in [0.1, 0.15) is 54.1 Å². The summed E-state index contributed by atoms with van der Waals surface area (Å²) in [5, 5.41) is 31.6. The lowest BCUT2D eigenvalue weighted by Crippen LogP contribution is -2.61. The van der Waals surface area contributed by atoms with E-state index in [4.69, 9.17) is 40.1 Å². The summed E-state index contributed by atoms with van der Waals surface area (Å²) in [6.45, 7) is 3.92. The number of guanidine groups is 1. The highest BCUT2D eigenvalue weighted by atomic mass is 16.3. The topological polar surface area (TPSA) is 499 Å². The van der Waals surface area contributed by atoms with Crippen molar-refractivity contribution in [3.63, 3.8) is 0 Å². The molecule has 97 heavy (non-hydrogen) atoms. The molecule has 23 N–H and O–H groups in total. The van der Waals surface area contributed by atoms with Crippen molar-refractivity contribution in [2.45, 2.75) is 158 Å². The van der Waals surface area contributed by atoms with E-state index in [1.807, 2.05) is 0 Å². The molecule has 520 valence electrons. The summed E-state index contributed by atoms with van der Waals surface area (Å²) in [6, 6.07) is 24.4. The second-order valence-electron chi connectivity index (χ2n) is 23.8. The van der Waals surface area contributed by atoms with Gasteiger partial charge in [0.2, 0.25) is 65.0 Å². The zero-order valence-electron chi connectivity index (χ0n) is 54.6. The number of carbonyl (C=O) groups excluding carboxylic acids is 11. The molecule has 5 aromatic carbocycles. The van der Waals surface area contributed by atoms with Gasteiger partial charge < -0.3 is 87.8 Å². The molecule has 5 aromatic rings. The molecular formula is C69H92N16O12. The van der Waals surface area contributed by atoms with E-state index < -0.39 is 145 Å². The highest BCUT2D eigenvalue weighted by molar-refractivity contribution is 5.99. The predicted octanol–water partition coefficient (Wildman–Crippen LogP) is -1.07. The van der Waals surface area contributed by atoms with Gasteiger partial charge in [0, 0.05) is 45.1 Å². The average molecular weight is 1340 g/mol. The Morgan fingerprint density at radius 3 is 1.01 bits per heavy atom. The molecular weight excluding hydrogens is 1240 g/mol. The summed E-state index contributed by atoms with van der Waals surface area (Å²) < 4.78 is 0. The van der Waals surface area contributed by atoms with Crippen LogP contribution >= 0.6 is 0 Å². The van der Waals surface area contributed by atoms with E-state index >= 15 is 0 Å². The number of primary amides is 3. The van der Waals surface area contributed by atoms with Crippen LogP contribution in [0.4, 0.5) is 0 Å². The standard InChI is InChI=1S/C69H92N16O12/c1-41-34-47(86)35-42(2)48(41)40-49(71)61(90)79-51(27-17-33-77-69(75)76)62(91)82-57(39-46-24-13-6-14-25-46)68(97)85-56(38-45-22-11-5-12-23-45)67(96)81-53(29-31-59(73)88)64(93)84-55(37-44-20-9-4-10-21-44)66(95)80-52(28-30-58(72)87)63(92)83-54(36-43-18-7-3-8-19-43)65(94)78-50(60(74)89)26-15-16-32-70/h3-14,18-25,34-35,49-57,86H,15-17,26-33,36-40,70-71H2,1-2H3,(H2,72,87)(H2,73,88)(H2,74,89)(H,78,94)(H,79,90)(H,80,95)(H,81,96)(H,82,91)(H,83,92)(H,84,93)(H,85,97)(H4,75,76,77)/t49-,50-,51+,52-,53-,54-,55-,56-,57-/m0/s1. The molecule has 0 aliphatic rings. The molecule has 5 rings (SSSR count). The first-order valence-electron chi connectivity index (χ1n) is 32.0. The summed E-state index contributed by atoms with van der Waals surface area (Å²) in [7, 11) is 0. The second-order valence-corrected chi connectivity index (χ2v) is 23.8. The van der Waals surface area contributed by atoms with Gasteiger partial charge in [-0.25, -0.2) is 0 Å². The quantitative estimate of drug-likeness (QED) is 0.0126. The first-order valence-corrected chi connectivity index (χ1v) is 32.0. The highest BCUT2D eigenvalue weighted by Crippen LogP contribution is 2.22. The lowest BCUT2D eigenvalue weighted by Gasteiger charge is -2.28. The Bertz CT molecular complexity index is 3470. The van der Waals surface area contributed by atoms with E-state index in [0.717, 1.165) is 0 Å². The highest BCUT2D eigenvalue weighted by Gasteiger charge is 2.36. The average Bonchev–Trinajstić information content (AvgIpc) is 0.927. The fourth-order valence-electron chi connectivity index (χ4n) is 10.7. The van der Waals surface area contributed by atoms with E-state index in [1.54, 1.807) is 147 Å². The third kappa shape index (κ3) is 27.3. The van der Waals surface area contributed by atoms with Crippen molar-refractivity contribution in [1.82, 2.24) is 42.5 Å². The number of aromatic hydroxyl groups is 1. The molecule has 0 radical (unpaired) electrons. The van der Waals surface area contributed by atoms with Gasteiger partial charge in [0.05, 0.1) is 6.04 Å². The molecule has 0 spiro atoms. The third-order valence-electron chi connectivity index (χ3n) is 15.9. The Morgan fingerprint density at radius 2 is 0.691 bits per heavy atom. The van der Waals surface area contributed by atoms with Gasteiger partial charge in [-0.05, 0) is 123 Å². The number of nitrogens with two attached hydrogens (primary N) is 7. The van der Waals surface area contributed by atoms with Crippen molar-refractivity contribution < 1.29 is 57.8 Å². The minimum atomic E-state index is -1.65. The first-order chi connectivity index (χ1) is 46.3. The van der Waals surface area contributed by atoms with E-state index in [0.29, 0.717) is 58.3 Å². The van der Waals surface area contributed by atoms with Crippen LogP contribution < -0.4 is 82.7 Å². The van der Waals surface area contributed by atoms with Crippen molar-refractivity contribution >= 4 is 70.9 Å². The minimum Gasteiger partial charge on any atom is -0.508 e. The number of nitrogens with one attached hydrogen (secondary N) is 8. The summed E-state index contributed by atoms with van der Waals surface area (Å²) in [5.41, 5.74) is 44.4. The van der Waals surface area contributed by atoms with Crippen LogP contribution in [0.5, 0.6) is 5.75 Å². The Morgan fingerprint density at radius 1 is 0.392 bits per heavy atom. The summed E-state index contributed by atoms with van der Waals surface area (Å²) >= 11 is 0. The van der Waals surface area contributed by atoms with Crippen LogP contribution in [0.15, 0.2) is 138 Å². The van der Waals surface area contributed by atoms with Gasteiger partial charge >= 0.3 is 0 Å². The zero-order valence-corrected chi connectivity index (χ0v) is 54.6. The fourth-order valence-corrected chi connectivity index (χ4v) is 10.7. The van der Waals surface area contributed by atoms with Gasteiger partial charge in [-0.3, -0.25) is 57.7 Å². The van der Waals surface area contributed by atoms with Crippen molar-refractivity contribution in [2.24, 2.45) is 45.1 Å². The van der Waals surface area contributed by atoms with Gasteiger partial charge in [0.25, 0.3) is 0 Å². The Kier molecular flexibility index (Phi) is 31.6. The first kappa shape index (κ1) is 77.0. The van der Waals surface area contributed by atoms with Crippen molar-refractivity contribution in [2.75, 3.05) is 13.1 Å². The Balaban J connectivity index is 1.46. The van der Waals surface area contributed by atoms with E-state index in [9.17, 15) is 57.8 Å². The molecule has 28 nitrogen and oxygen atoms in total. The number of carbonyl (C=O) groups is 11. The van der Waals surface area contributed by atoms with Crippen LogP contribution in [0.3, 0.4) is 0 Å². The molecule has 0 heterocycles. The number of unbranched alkanes of at least 4 members (excludes halogenated alkanes) is 1. The van der Waals surface area contributed by atoms with Crippen LogP contribution in [0.1, 0.15) is 96.7 Å². The van der Waals surface area contributed by atoms with Gasteiger partial charge in [0.15, 0.2) is 5.96 Å². The zero-order chi connectivity index (χ0) is 71.0. The van der Waals surface area contributed by atoms with Gasteiger partial charge in [-0.15, -0.1) is 0 Å². The molecule has 28 heteroatoms. The molecule has 0 fully saturated rings. The van der Waals surface area contributed by atoms with Gasteiger partial charge in [-0.1, -0.05) is 121 Å². The summed E-state index contributed by atoms with van der Waals surface area (Å²) in [6.07, 6.45) is -1.04. The van der Waals surface area contributed by atoms with Gasteiger partial charge in [-0.2, -0.15) is 0 Å². The molecule has 0 bridgehead atoms. The summed E-state index contributed by atoms with van der Waals surface area (Å²) in [5.74, 6) is -9.76. The number of nitrogens with zero attached hydrogens (tertiary/aromatic N) is 1. The second kappa shape index (κ2) is 39.8. The third-order valence-corrected chi connectivity index (χ3v) is 15.9. The number of phenols is 1. The Labute approximate surface area is 563 Å². The molecule has 0 saturated heterocycles. The minimum absolute atomic E-state index is 0.0293. The monoisotopic (exact) mass is 1340 g/mol. The van der Waals surface area contributed by atoms with Crippen molar-refractivity contribution in [3.05, 3.63) is 172 Å². The summed E-state index contributed by atoms with van der Waals surface area (Å²) in [4.78, 5) is 158.